The highest BCUT2D eigenvalue weighted by molar-refractivity contribution is 9.10. The summed E-state index contributed by atoms with van der Waals surface area (Å²) in [5.74, 6) is 0.512. The Bertz CT molecular complexity index is 578. The van der Waals surface area contributed by atoms with E-state index in [2.05, 4.69) is 21.0 Å². The monoisotopic (exact) mass is 343 g/mol. The van der Waals surface area contributed by atoms with Crippen LogP contribution in [0, 0.1) is 6.92 Å². The summed E-state index contributed by atoms with van der Waals surface area (Å²) in [6.07, 6.45) is 0. The fourth-order valence-corrected chi connectivity index (χ4v) is 2.46. The molecule has 1 heterocycles. The van der Waals surface area contributed by atoms with Gasteiger partial charge in [-0.1, -0.05) is 17.7 Å². The molecule has 0 aliphatic rings. The van der Waals surface area contributed by atoms with Crippen LogP contribution < -0.4 is 10.5 Å². The Morgan fingerprint density at radius 3 is 2.84 bits per heavy atom. The van der Waals surface area contributed by atoms with Crippen LogP contribution in [-0.4, -0.2) is 9.78 Å². The standard InChI is InChI=1S/C13H15BrClN3O/c1-3-18-11(12(14)8(2)17-18)7-19-13-9(15)5-4-6-10(13)16/h4-6H,3,7,16H2,1-2H3. The summed E-state index contributed by atoms with van der Waals surface area (Å²) in [5, 5.41) is 4.92. The van der Waals surface area contributed by atoms with Crippen LogP contribution in [0.4, 0.5) is 5.69 Å². The van der Waals surface area contributed by atoms with Crippen molar-refractivity contribution in [3.63, 3.8) is 0 Å². The summed E-state index contributed by atoms with van der Waals surface area (Å²) in [7, 11) is 0. The lowest BCUT2D eigenvalue weighted by molar-refractivity contribution is 0.293. The molecule has 0 spiro atoms. The van der Waals surface area contributed by atoms with Crippen molar-refractivity contribution in [3.05, 3.63) is 39.1 Å². The molecule has 1 aromatic heterocycles. The van der Waals surface area contributed by atoms with Crippen molar-refractivity contribution < 1.29 is 4.74 Å². The Labute approximate surface area is 125 Å². The number of hydrogen-bond acceptors (Lipinski definition) is 3. The van der Waals surface area contributed by atoms with Crippen LogP contribution >= 0.6 is 27.5 Å². The molecule has 0 aliphatic heterocycles. The predicted octanol–water partition coefficient (Wildman–Crippen LogP) is 3.79. The number of halogens is 2. The van der Waals surface area contributed by atoms with E-state index in [0.717, 1.165) is 22.4 Å². The average Bonchev–Trinajstić information content (AvgIpc) is 2.65. The summed E-state index contributed by atoms with van der Waals surface area (Å²) in [4.78, 5) is 0. The zero-order valence-electron chi connectivity index (χ0n) is 10.8. The van der Waals surface area contributed by atoms with Gasteiger partial charge in [-0.3, -0.25) is 4.68 Å². The third-order valence-corrected chi connectivity index (χ3v) is 4.13. The normalized spacial score (nSPS) is 10.7. The lowest BCUT2D eigenvalue weighted by Gasteiger charge is -2.11. The number of rotatable bonds is 4. The van der Waals surface area contributed by atoms with E-state index in [1.165, 1.54) is 0 Å². The second-order valence-corrected chi connectivity index (χ2v) is 5.31. The van der Waals surface area contributed by atoms with Gasteiger partial charge in [0.1, 0.15) is 6.61 Å². The Kier molecular flexibility index (Phi) is 4.37. The quantitative estimate of drug-likeness (QED) is 0.859. The molecule has 0 fully saturated rings. The zero-order chi connectivity index (χ0) is 14.0. The van der Waals surface area contributed by atoms with Gasteiger partial charge >= 0.3 is 0 Å². The Balaban J connectivity index is 2.24. The number of aryl methyl sites for hydroxylation is 2. The number of aromatic nitrogens is 2. The highest BCUT2D eigenvalue weighted by Gasteiger charge is 2.14. The Morgan fingerprint density at radius 2 is 2.21 bits per heavy atom. The molecule has 19 heavy (non-hydrogen) atoms. The average molecular weight is 345 g/mol. The maximum Gasteiger partial charge on any atom is 0.161 e. The van der Waals surface area contributed by atoms with Gasteiger partial charge in [0.05, 0.1) is 26.6 Å². The number of nitrogen functional groups attached to an aromatic ring is 1. The maximum absolute atomic E-state index is 6.08. The SMILES string of the molecule is CCn1nc(C)c(Br)c1COc1c(N)cccc1Cl. The summed E-state index contributed by atoms with van der Waals surface area (Å²) in [6.45, 7) is 5.13. The van der Waals surface area contributed by atoms with Gasteiger partial charge < -0.3 is 10.5 Å². The van der Waals surface area contributed by atoms with Crippen LogP contribution in [0.3, 0.4) is 0 Å². The van der Waals surface area contributed by atoms with Gasteiger partial charge in [0.25, 0.3) is 0 Å². The first kappa shape index (κ1) is 14.2. The third-order valence-electron chi connectivity index (χ3n) is 2.80. The predicted molar refractivity (Wildman–Crippen MR) is 80.5 cm³/mol. The van der Waals surface area contributed by atoms with Crippen molar-refractivity contribution >= 4 is 33.2 Å². The van der Waals surface area contributed by atoms with Gasteiger partial charge in [0.2, 0.25) is 0 Å². The second-order valence-electron chi connectivity index (χ2n) is 4.11. The van der Waals surface area contributed by atoms with Crippen molar-refractivity contribution in [2.75, 3.05) is 5.73 Å². The Morgan fingerprint density at radius 1 is 1.47 bits per heavy atom. The van der Waals surface area contributed by atoms with Crippen molar-refractivity contribution in [2.24, 2.45) is 0 Å². The topological polar surface area (TPSA) is 53.1 Å². The molecule has 102 valence electrons. The molecule has 0 aliphatic carbocycles. The molecule has 0 radical (unpaired) electrons. The molecule has 0 atom stereocenters. The van der Waals surface area contributed by atoms with Gasteiger partial charge in [-0.05, 0) is 41.9 Å². The fraction of sp³-hybridized carbons (Fsp3) is 0.308. The smallest absolute Gasteiger partial charge is 0.161 e. The fourth-order valence-electron chi connectivity index (χ4n) is 1.83. The minimum absolute atomic E-state index is 0.364. The minimum Gasteiger partial charge on any atom is -0.484 e. The molecule has 0 amide bonds. The molecule has 1 aromatic carbocycles. The first-order valence-corrected chi connectivity index (χ1v) is 7.10. The van der Waals surface area contributed by atoms with E-state index in [1.54, 1.807) is 18.2 Å². The number of para-hydroxylation sites is 1. The highest BCUT2D eigenvalue weighted by atomic mass is 79.9. The van der Waals surface area contributed by atoms with Gasteiger partial charge in [-0.2, -0.15) is 5.10 Å². The molecule has 0 saturated carbocycles. The molecule has 4 nitrogen and oxygen atoms in total. The van der Waals surface area contributed by atoms with E-state index in [9.17, 15) is 0 Å². The van der Waals surface area contributed by atoms with E-state index in [1.807, 2.05) is 18.5 Å². The number of benzene rings is 1. The molecule has 0 bridgehead atoms. The van der Waals surface area contributed by atoms with E-state index in [0.29, 0.717) is 23.1 Å². The molecule has 6 heteroatoms. The summed E-state index contributed by atoms with van der Waals surface area (Å²) >= 11 is 9.60. The summed E-state index contributed by atoms with van der Waals surface area (Å²) < 4.78 is 8.60. The van der Waals surface area contributed by atoms with Crippen LogP contribution in [0.1, 0.15) is 18.3 Å². The lowest BCUT2D eigenvalue weighted by Crippen LogP contribution is -2.07. The van der Waals surface area contributed by atoms with Gasteiger partial charge in [-0.25, -0.2) is 0 Å². The van der Waals surface area contributed by atoms with Crippen LogP contribution in [0.25, 0.3) is 0 Å². The van der Waals surface area contributed by atoms with Crippen molar-refractivity contribution in [2.45, 2.75) is 27.0 Å². The summed E-state index contributed by atoms with van der Waals surface area (Å²) in [5.41, 5.74) is 8.30. The molecule has 2 aromatic rings. The second kappa shape index (κ2) is 5.84. The zero-order valence-corrected chi connectivity index (χ0v) is 13.1. The van der Waals surface area contributed by atoms with Gasteiger partial charge in [0.15, 0.2) is 5.75 Å². The van der Waals surface area contributed by atoms with Crippen molar-refractivity contribution in [1.82, 2.24) is 9.78 Å². The highest BCUT2D eigenvalue weighted by Crippen LogP contribution is 2.32. The molecular formula is C13H15BrClN3O. The van der Waals surface area contributed by atoms with Gasteiger partial charge in [0, 0.05) is 6.54 Å². The number of ether oxygens (including phenoxy) is 1. The number of nitrogens with zero attached hydrogens (tertiary/aromatic N) is 2. The Hall–Kier alpha value is -1.20. The van der Waals surface area contributed by atoms with E-state index >= 15 is 0 Å². The number of anilines is 1. The van der Waals surface area contributed by atoms with E-state index in [4.69, 9.17) is 22.1 Å². The van der Waals surface area contributed by atoms with Crippen LogP contribution in [0.2, 0.25) is 5.02 Å². The van der Waals surface area contributed by atoms with E-state index < -0.39 is 0 Å². The van der Waals surface area contributed by atoms with Crippen molar-refractivity contribution in [3.8, 4) is 5.75 Å². The van der Waals surface area contributed by atoms with Crippen LogP contribution in [-0.2, 0) is 13.2 Å². The molecule has 0 unspecified atom stereocenters. The van der Waals surface area contributed by atoms with E-state index in [-0.39, 0.29) is 0 Å². The molecule has 0 saturated heterocycles. The maximum atomic E-state index is 6.08. The largest absolute Gasteiger partial charge is 0.484 e. The van der Waals surface area contributed by atoms with Gasteiger partial charge in [-0.15, -0.1) is 0 Å². The van der Waals surface area contributed by atoms with Crippen molar-refractivity contribution in [1.29, 1.82) is 0 Å². The first-order valence-electron chi connectivity index (χ1n) is 5.93. The lowest BCUT2D eigenvalue weighted by atomic mass is 10.3. The summed E-state index contributed by atoms with van der Waals surface area (Å²) in [6, 6.07) is 5.31. The first-order chi connectivity index (χ1) is 9.04. The minimum atomic E-state index is 0.364. The molecule has 2 rings (SSSR count). The molecule has 2 N–H and O–H groups in total. The third kappa shape index (κ3) is 2.87. The van der Waals surface area contributed by atoms with Crippen LogP contribution in [0.5, 0.6) is 5.75 Å². The number of hydrogen-bond donors (Lipinski definition) is 1. The molecular weight excluding hydrogens is 330 g/mol. The van der Waals surface area contributed by atoms with Crippen LogP contribution in [0.15, 0.2) is 22.7 Å². The number of nitrogens with two attached hydrogens (primary N) is 1.